The average Bonchev–Trinajstić information content (AvgIpc) is 3.18. The first-order chi connectivity index (χ1) is 17.1. The van der Waals surface area contributed by atoms with Crippen LogP contribution in [0.5, 0.6) is 0 Å². The molecule has 1 aromatic heterocycles. The zero-order valence-corrected chi connectivity index (χ0v) is 22.5. The predicted octanol–water partition coefficient (Wildman–Crippen LogP) is 3.96. The lowest BCUT2D eigenvalue weighted by molar-refractivity contribution is 0.0730. The summed E-state index contributed by atoms with van der Waals surface area (Å²) in [6.45, 7) is 4.72. The number of hydrogen-bond donors (Lipinski definition) is 2. The number of sulfonamides is 1. The van der Waals surface area contributed by atoms with E-state index in [1.165, 1.54) is 58.1 Å². The van der Waals surface area contributed by atoms with E-state index in [0.29, 0.717) is 34.6 Å². The van der Waals surface area contributed by atoms with E-state index in [4.69, 9.17) is 16.3 Å². The summed E-state index contributed by atoms with van der Waals surface area (Å²) in [7, 11) is -3.68. The number of carbonyl (C=O) groups excluding carboxylic acids is 1. The van der Waals surface area contributed by atoms with Gasteiger partial charge >= 0.3 is 0 Å². The maximum absolute atomic E-state index is 13.2. The number of halogens is 1. The molecule has 36 heavy (non-hydrogen) atoms. The lowest BCUT2D eigenvalue weighted by Crippen LogP contribution is -2.40. The van der Waals surface area contributed by atoms with E-state index < -0.39 is 27.2 Å². The molecule has 1 unspecified atom stereocenters. The van der Waals surface area contributed by atoms with Crippen LogP contribution in [0.1, 0.15) is 21.1 Å². The second-order valence-corrected chi connectivity index (χ2v) is 12.2. The SMILES string of the molecule is Cc1nc(C)c(N(c2ccc(Cl)cc2C(=O)Nc2ccc(S(=O)(=O)N3CCOCC3)cc2)S(=O)O)s1. The van der Waals surface area contributed by atoms with Gasteiger partial charge in [-0.3, -0.25) is 9.35 Å². The van der Waals surface area contributed by atoms with Crippen LogP contribution in [0.15, 0.2) is 47.4 Å². The van der Waals surface area contributed by atoms with E-state index in [2.05, 4.69) is 10.3 Å². The Morgan fingerprint density at radius 1 is 1.19 bits per heavy atom. The van der Waals surface area contributed by atoms with Crippen molar-refractivity contribution in [2.75, 3.05) is 35.9 Å². The highest BCUT2D eigenvalue weighted by atomic mass is 35.5. The zero-order valence-electron chi connectivity index (χ0n) is 19.3. The van der Waals surface area contributed by atoms with Gasteiger partial charge in [-0.05, 0) is 56.3 Å². The van der Waals surface area contributed by atoms with Crippen molar-refractivity contribution in [2.45, 2.75) is 18.7 Å². The lowest BCUT2D eigenvalue weighted by Gasteiger charge is -2.26. The molecule has 0 spiro atoms. The molecule has 1 aliphatic heterocycles. The van der Waals surface area contributed by atoms with E-state index in [1.54, 1.807) is 13.8 Å². The van der Waals surface area contributed by atoms with Gasteiger partial charge < -0.3 is 10.1 Å². The molecule has 0 aliphatic carbocycles. The third kappa shape index (κ3) is 5.62. The molecule has 1 atom stereocenters. The predicted molar refractivity (Wildman–Crippen MR) is 140 cm³/mol. The van der Waals surface area contributed by atoms with Gasteiger partial charge in [-0.2, -0.15) is 4.31 Å². The highest BCUT2D eigenvalue weighted by molar-refractivity contribution is 7.89. The fraction of sp³-hybridized carbons (Fsp3) is 0.273. The van der Waals surface area contributed by atoms with Crippen LogP contribution < -0.4 is 9.62 Å². The summed E-state index contributed by atoms with van der Waals surface area (Å²) < 4.78 is 55.8. The number of aryl methyl sites for hydroxylation is 2. The van der Waals surface area contributed by atoms with Gasteiger partial charge in [0.15, 0.2) is 0 Å². The fourth-order valence-corrected chi connectivity index (χ4v) is 7.01. The minimum Gasteiger partial charge on any atom is -0.379 e. The van der Waals surface area contributed by atoms with Crippen molar-refractivity contribution in [2.24, 2.45) is 0 Å². The Kier molecular flexibility index (Phi) is 8.09. The summed E-state index contributed by atoms with van der Waals surface area (Å²) in [6, 6.07) is 10.2. The number of hydrogen-bond acceptors (Lipinski definition) is 7. The molecule has 192 valence electrons. The minimum absolute atomic E-state index is 0.0559. The van der Waals surface area contributed by atoms with E-state index in [0.717, 1.165) is 4.31 Å². The highest BCUT2D eigenvalue weighted by Gasteiger charge is 2.28. The number of morpholine rings is 1. The number of benzene rings is 2. The summed E-state index contributed by atoms with van der Waals surface area (Å²) in [6.07, 6.45) is 0. The Hall–Kier alpha value is -2.39. The van der Waals surface area contributed by atoms with Crippen LogP contribution in [0.3, 0.4) is 0 Å². The van der Waals surface area contributed by atoms with Crippen molar-refractivity contribution >= 4 is 66.5 Å². The third-order valence-corrected chi connectivity index (χ3v) is 9.37. The molecule has 0 radical (unpaired) electrons. The first kappa shape index (κ1) is 26.7. The number of rotatable bonds is 7. The van der Waals surface area contributed by atoms with Gasteiger partial charge in [-0.1, -0.05) is 11.6 Å². The van der Waals surface area contributed by atoms with Crippen LogP contribution in [-0.2, 0) is 26.0 Å². The third-order valence-electron chi connectivity index (χ3n) is 5.36. The van der Waals surface area contributed by atoms with E-state index in [1.807, 2.05) is 0 Å². The number of thiazole rings is 1. The van der Waals surface area contributed by atoms with Crippen molar-refractivity contribution < 1.29 is 26.7 Å². The molecule has 3 aromatic rings. The van der Waals surface area contributed by atoms with Crippen LogP contribution in [0.4, 0.5) is 16.4 Å². The van der Waals surface area contributed by atoms with Gasteiger partial charge in [0.2, 0.25) is 10.0 Å². The van der Waals surface area contributed by atoms with Crippen LogP contribution in [0, 0.1) is 13.8 Å². The maximum Gasteiger partial charge on any atom is 0.267 e. The summed E-state index contributed by atoms with van der Waals surface area (Å²) in [5.74, 6) is -0.592. The van der Waals surface area contributed by atoms with Crippen molar-refractivity contribution in [3.8, 4) is 0 Å². The molecule has 1 fully saturated rings. The summed E-state index contributed by atoms with van der Waals surface area (Å²) >= 11 is 4.87. The molecule has 1 amide bonds. The van der Waals surface area contributed by atoms with E-state index in [9.17, 15) is 22.0 Å². The molecule has 0 bridgehead atoms. The Labute approximate surface area is 220 Å². The lowest BCUT2D eigenvalue weighted by atomic mass is 10.1. The van der Waals surface area contributed by atoms with Crippen molar-refractivity contribution in [3.63, 3.8) is 0 Å². The molecule has 4 rings (SSSR count). The molecular formula is C22H23ClN4O6S3. The molecule has 10 nitrogen and oxygen atoms in total. The maximum atomic E-state index is 13.2. The second-order valence-electron chi connectivity index (χ2n) is 7.80. The summed E-state index contributed by atoms with van der Waals surface area (Å²) in [4.78, 5) is 17.6. The minimum atomic E-state index is -3.68. The molecule has 1 aliphatic rings. The fourth-order valence-electron chi connectivity index (χ4n) is 3.69. The smallest absolute Gasteiger partial charge is 0.267 e. The number of nitrogens with one attached hydrogen (secondary N) is 1. The van der Waals surface area contributed by atoms with Gasteiger partial charge in [-0.15, -0.1) is 11.3 Å². The number of nitrogens with zero attached hydrogens (tertiary/aromatic N) is 3. The number of ether oxygens (including phenoxy) is 1. The number of anilines is 3. The molecular weight excluding hydrogens is 548 g/mol. The van der Waals surface area contributed by atoms with Gasteiger partial charge in [0.1, 0.15) is 5.00 Å². The average molecular weight is 571 g/mol. The first-order valence-corrected chi connectivity index (χ1v) is 14.4. The highest BCUT2D eigenvalue weighted by Crippen LogP contribution is 2.37. The van der Waals surface area contributed by atoms with Gasteiger partial charge in [0.05, 0.1) is 40.1 Å². The van der Waals surface area contributed by atoms with Gasteiger partial charge in [-0.25, -0.2) is 21.9 Å². The molecule has 0 saturated carbocycles. The quantitative estimate of drug-likeness (QED) is 0.411. The zero-order chi connectivity index (χ0) is 26.0. The topological polar surface area (TPSA) is 129 Å². The van der Waals surface area contributed by atoms with Crippen LogP contribution in [0.2, 0.25) is 5.02 Å². The Morgan fingerprint density at radius 3 is 2.44 bits per heavy atom. The standard InChI is InChI=1S/C22H23ClN4O6S3/c1-14-22(34-15(2)24-14)27(35(29)30)20-8-3-16(23)13-19(20)21(28)25-17-4-6-18(7-5-17)36(31,32)26-9-11-33-12-10-26/h3-8,13H,9-12H2,1-2H3,(H,25,28)(H,29,30). The molecule has 14 heteroatoms. The molecule has 2 N–H and O–H groups in total. The van der Waals surface area contributed by atoms with Crippen molar-refractivity contribution in [3.05, 3.63) is 63.8 Å². The molecule has 1 saturated heterocycles. The van der Waals surface area contributed by atoms with Crippen molar-refractivity contribution in [1.82, 2.24) is 9.29 Å². The van der Waals surface area contributed by atoms with Crippen LogP contribution >= 0.6 is 22.9 Å². The van der Waals surface area contributed by atoms with Gasteiger partial charge in [0, 0.05) is 23.8 Å². The van der Waals surface area contributed by atoms with Crippen molar-refractivity contribution in [1.29, 1.82) is 0 Å². The monoisotopic (exact) mass is 570 g/mol. The number of carbonyl (C=O) groups is 1. The summed E-state index contributed by atoms with van der Waals surface area (Å²) in [5.41, 5.74) is 1.10. The van der Waals surface area contributed by atoms with E-state index in [-0.39, 0.29) is 34.3 Å². The molecule has 2 aromatic carbocycles. The largest absolute Gasteiger partial charge is 0.379 e. The molecule has 2 heterocycles. The Morgan fingerprint density at radius 2 is 1.86 bits per heavy atom. The normalized spacial score (nSPS) is 15.4. The van der Waals surface area contributed by atoms with Gasteiger partial charge in [0.25, 0.3) is 17.2 Å². The number of aromatic nitrogens is 1. The Balaban J connectivity index is 1.62. The Bertz CT molecular complexity index is 1410. The number of amides is 1. The van der Waals surface area contributed by atoms with Crippen LogP contribution in [-0.4, -0.2) is 58.7 Å². The first-order valence-electron chi connectivity index (χ1n) is 10.7. The van der Waals surface area contributed by atoms with E-state index >= 15 is 0 Å². The van der Waals surface area contributed by atoms with Crippen LogP contribution in [0.25, 0.3) is 0 Å². The summed E-state index contributed by atoms with van der Waals surface area (Å²) in [5, 5.41) is 4.08. The second kappa shape index (κ2) is 10.9.